The Hall–Kier alpha value is -3.36. The summed E-state index contributed by atoms with van der Waals surface area (Å²) >= 11 is 0. The molecule has 3 rings (SSSR count). The molecule has 0 saturated heterocycles. The molecule has 7 nitrogen and oxygen atoms in total. The second-order valence-corrected chi connectivity index (χ2v) is 5.64. The second kappa shape index (κ2) is 7.90. The van der Waals surface area contributed by atoms with Crippen LogP contribution in [0.5, 0.6) is 17.2 Å². The number of nitrogens with one attached hydrogen (secondary N) is 2. The molecule has 2 N–H and O–H groups in total. The van der Waals surface area contributed by atoms with Gasteiger partial charge in [0.15, 0.2) is 29.2 Å². The van der Waals surface area contributed by atoms with E-state index >= 15 is 0 Å². The van der Waals surface area contributed by atoms with Crippen molar-refractivity contribution in [2.45, 2.75) is 13.0 Å². The van der Waals surface area contributed by atoms with E-state index < -0.39 is 29.7 Å². The molecule has 27 heavy (non-hydrogen) atoms. The highest BCUT2D eigenvalue weighted by molar-refractivity contribution is 6.02. The molecule has 1 atom stereocenters. The molecule has 0 spiro atoms. The monoisotopic (exact) mass is 378 g/mol. The average molecular weight is 378 g/mol. The normalized spacial score (nSPS) is 13.4. The van der Waals surface area contributed by atoms with Gasteiger partial charge in [0.1, 0.15) is 19.0 Å². The molecule has 0 bridgehead atoms. The predicted octanol–water partition coefficient (Wildman–Crippen LogP) is 2.85. The summed E-state index contributed by atoms with van der Waals surface area (Å²) in [7, 11) is 0. The van der Waals surface area contributed by atoms with Crippen LogP contribution < -0.4 is 24.8 Å². The van der Waals surface area contributed by atoms with Crippen molar-refractivity contribution >= 4 is 17.6 Å². The van der Waals surface area contributed by atoms with E-state index in [9.17, 15) is 18.4 Å². The van der Waals surface area contributed by atoms with Crippen molar-refractivity contribution < 1.29 is 32.6 Å². The number of rotatable bonds is 4. The summed E-state index contributed by atoms with van der Waals surface area (Å²) in [5.74, 6) is -1.77. The maximum Gasteiger partial charge on any atom is 0.325 e. The van der Waals surface area contributed by atoms with Crippen LogP contribution in [0.4, 0.5) is 19.3 Å². The fraction of sp³-hybridized carbons (Fsp3) is 0.222. The van der Waals surface area contributed by atoms with E-state index in [2.05, 4.69) is 10.6 Å². The number of carbonyl (C=O) groups excluding carboxylic acids is 2. The molecule has 3 amide bonds. The number of hydrogen-bond acceptors (Lipinski definition) is 5. The quantitative estimate of drug-likeness (QED) is 0.855. The van der Waals surface area contributed by atoms with Crippen LogP contribution >= 0.6 is 0 Å². The first-order valence-electron chi connectivity index (χ1n) is 8.05. The molecular weight excluding hydrogens is 362 g/mol. The molecule has 1 aliphatic rings. The summed E-state index contributed by atoms with van der Waals surface area (Å²) in [6.07, 6.45) is -1.18. The molecule has 142 valence electrons. The lowest BCUT2D eigenvalue weighted by molar-refractivity contribution is -0.126. The summed E-state index contributed by atoms with van der Waals surface area (Å²) in [4.78, 5) is 24.0. The summed E-state index contributed by atoms with van der Waals surface area (Å²) in [5, 5.41) is 4.55. The lowest BCUT2D eigenvalue weighted by Crippen LogP contribution is -2.42. The molecule has 9 heteroatoms. The lowest BCUT2D eigenvalue weighted by Gasteiger charge is -2.19. The second-order valence-electron chi connectivity index (χ2n) is 5.64. The fourth-order valence-corrected chi connectivity index (χ4v) is 2.31. The van der Waals surface area contributed by atoms with Crippen LogP contribution in [0.3, 0.4) is 0 Å². The van der Waals surface area contributed by atoms with Crippen LogP contribution in [-0.4, -0.2) is 31.3 Å². The maximum absolute atomic E-state index is 13.6. The third-order valence-corrected chi connectivity index (χ3v) is 3.60. The number of amides is 3. The molecular formula is C18H16F2N2O5. The van der Waals surface area contributed by atoms with Gasteiger partial charge in [-0.2, -0.15) is 0 Å². The molecule has 0 fully saturated rings. The third kappa shape index (κ3) is 4.63. The van der Waals surface area contributed by atoms with Gasteiger partial charge in [0.25, 0.3) is 5.91 Å². The Kier molecular flexibility index (Phi) is 5.39. The lowest BCUT2D eigenvalue weighted by atomic mass is 10.2. The van der Waals surface area contributed by atoms with Crippen molar-refractivity contribution in [2.24, 2.45) is 0 Å². The van der Waals surface area contributed by atoms with Crippen LogP contribution in [0.15, 0.2) is 36.4 Å². The minimum absolute atomic E-state index is 0.300. The molecule has 1 aliphatic heterocycles. The number of imide groups is 1. The van der Waals surface area contributed by atoms with Gasteiger partial charge in [0.05, 0.1) is 0 Å². The van der Waals surface area contributed by atoms with Gasteiger partial charge in [-0.25, -0.2) is 13.6 Å². The van der Waals surface area contributed by atoms with Crippen molar-refractivity contribution in [1.29, 1.82) is 0 Å². The van der Waals surface area contributed by atoms with E-state index in [1.165, 1.54) is 6.92 Å². The minimum Gasteiger partial charge on any atom is -0.486 e. The molecule has 0 aliphatic carbocycles. The molecule has 0 unspecified atom stereocenters. The Morgan fingerprint density at radius 3 is 2.56 bits per heavy atom. The van der Waals surface area contributed by atoms with E-state index in [1.54, 1.807) is 18.2 Å². The first-order chi connectivity index (χ1) is 12.9. The van der Waals surface area contributed by atoms with Crippen LogP contribution in [-0.2, 0) is 4.79 Å². The molecule has 2 aromatic rings. The first kappa shape index (κ1) is 18.4. The van der Waals surface area contributed by atoms with Crippen LogP contribution in [0.25, 0.3) is 0 Å². The van der Waals surface area contributed by atoms with Crippen molar-refractivity contribution in [3.05, 3.63) is 48.0 Å². The Balaban J connectivity index is 1.56. The van der Waals surface area contributed by atoms with Crippen molar-refractivity contribution in [1.82, 2.24) is 5.32 Å². The van der Waals surface area contributed by atoms with Gasteiger partial charge >= 0.3 is 6.03 Å². The molecule has 2 aromatic carbocycles. The largest absolute Gasteiger partial charge is 0.486 e. The van der Waals surface area contributed by atoms with Crippen molar-refractivity contribution in [2.75, 3.05) is 18.5 Å². The van der Waals surface area contributed by atoms with Crippen LogP contribution in [0, 0.1) is 11.6 Å². The first-order valence-corrected chi connectivity index (χ1v) is 8.05. The molecule has 0 aromatic heterocycles. The van der Waals surface area contributed by atoms with Gasteiger partial charge < -0.3 is 19.5 Å². The molecule has 1 heterocycles. The summed E-state index contributed by atoms with van der Waals surface area (Å²) in [6, 6.07) is 6.68. The van der Waals surface area contributed by atoms with E-state index in [-0.39, 0.29) is 5.75 Å². The number of fused-ring (bicyclic) bond motifs is 1. The number of hydrogen-bond donors (Lipinski definition) is 2. The Bertz CT molecular complexity index is 875. The van der Waals surface area contributed by atoms with Crippen molar-refractivity contribution in [3.63, 3.8) is 0 Å². The van der Waals surface area contributed by atoms with Crippen molar-refractivity contribution in [3.8, 4) is 17.2 Å². The Morgan fingerprint density at radius 2 is 1.81 bits per heavy atom. The maximum atomic E-state index is 13.6. The highest BCUT2D eigenvalue weighted by Crippen LogP contribution is 2.32. The Morgan fingerprint density at radius 1 is 1.07 bits per heavy atom. The minimum atomic E-state index is -1.18. The van der Waals surface area contributed by atoms with Gasteiger partial charge in [-0.1, -0.05) is 0 Å². The third-order valence-electron chi connectivity index (χ3n) is 3.60. The number of halogens is 2. The molecule has 0 saturated carbocycles. The smallest absolute Gasteiger partial charge is 0.325 e. The summed E-state index contributed by atoms with van der Waals surface area (Å²) in [6.45, 7) is 2.17. The highest BCUT2D eigenvalue weighted by atomic mass is 19.1. The van der Waals surface area contributed by atoms with Gasteiger partial charge in [0, 0.05) is 17.8 Å². The topological polar surface area (TPSA) is 85.9 Å². The van der Waals surface area contributed by atoms with Crippen LogP contribution in [0.1, 0.15) is 6.92 Å². The zero-order valence-corrected chi connectivity index (χ0v) is 14.3. The van der Waals surface area contributed by atoms with E-state index in [0.717, 1.165) is 12.1 Å². The number of urea groups is 1. The number of carbonyl (C=O) groups is 2. The average Bonchev–Trinajstić information content (AvgIpc) is 2.63. The summed E-state index contributed by atoms with van der Waals surface area (Å²) < 4.78 is 42.3. The number of ether oxygens (including phenoxy) is 3. The van der Waals surface area contributed by atoms with E-state index in [0.29, 0.717) is 36.5 Å². The number of anilines is 1. The zero-order chi connectivity index (χ0) is 19.4. The van der Waals surface area contributed by atoms with Crippen LogP contribution in [0.2, 0.25) is 0 Å². The number of benzene rings is 2. The Labute approximate surface area is 153 Å². The molecule has 0 radical (unpaired) electrons. The summed E-state index contributed by atoms with van der Waals surface area (Å²) in [5.41, 5.74) is 0.391. The van der Waals surface area contributed by atoms with E-state index in [4.69, 9.17) is 14.2 Å². The van der Waals surface area contributed by atoms with Gasteiger partial charge in [0.2, 0.25) is 0 Å². The van der Waals surface area contributed by atoms with Gasteiger partial charge in [-0.05, 0) is 31.2 Å². The fourth-order valence-electron chi connectivity index (χ4n) is 2.31. The zero-order valence-electron chi connectivity index (χ0n) is 14.3. The highest BCUT2D eigenvalue weighted by Gasteiger charge is 2.20. The van der Waals surface area contributed by atoms with Gasteiger partial charge in [-0.15, -0.1) is 0 Å². The van der Waals surface area contributed by atoms with E-state index in [1.807, 2.05) is 0 Å². The standard InChI is InChI=1S/C18H16F2N2O5/c1-10(27-14-4-2-11(19)8-13(14)20)17(23)22-18(24)21-12-3-5-15-16(9-12)26-7-6-25-15/h2-5,8-10H,6-7H2,1H3,(H2,21,22,23,24)/t10-/m1/s1. The SMILES string of the molecule is C[C@@H](Oc1ccc(F)cc1F)C(=O)NC(=O)Nc1ccc2c(c1)OCCO2. The van der Waals surface area contributed by atoms with Gasteiger partial charge in [-0.3, -0.25) is 10.1 Å². The predicted molar refractivity (Wildman–Crippen MR) is 91.0 cm³/mol.